The molecule has 1 aromatic heterocycles. The molecule has 0 spiro atoms. The lowest BCUT2D eigenvalue weighted by Gasteiger charge is -2.19. The molecule has 0 aliphatic carbocycles. The molecule has 2 atom stereocenters. The summed E-state index contributed by atoms with van der Waals surface area (Å²) in [5.41, 5.74) is 2.31. The van der Waals surface area contributed by atoms with Crippen LogP contribution < -0.4 is 5.32 Å². The topological polar surface area (TPSA) is 40.7 Å². The maximum Gasteiger partial charge on any atom is 0.0518 e. The van der Waals surface area contributed by atoms with Gasteiger partial charge in [0.2, 0.25) is 0 Å². The molecule has 2 aromatic rings. The van der Waals surface area contributed by atoms with E-state index in [2.05, 4.69) is 29.4 Å². The van der Waals surface area contributed by atoms with Gasteiger partial charge in [0.25, 0.3) is 0 Å². The molecule has 0 saturated heterocycles. The van der Waals surface area contributed by atoms with Gasteiger partial charge in [0.15, 0.2) is 0 Å². The quantitative estimate of drug-likeness (QED) is 0.871. The van der Waals surface area contributed by atoms with Crippen LogP contribution in [-0.4, -0.2) is 10.2 Å². The first-order valence-electron chi connectivity index (χ1n) is 5.67. The second-order valence-electron chi connectivity index (χ2n) is 4.17. The van der Waals surface area contributed by atoms with Crippen LogP contribution in [0.5, 0.6) is 0 Å². The normalized spacial score (nSPS) is 14.5. The third-order valence-electron chi connectivity index (χ3n) is 2.86. The van der Waals surface area contributed by atoms with E-state index in [9.17, 15) is 0 Å². The highest BCUT2D eigenvalue weighted by Gasteiger charge is 2.11. The van der Waals surface area contributed by atoms with Crippen molar-refractivity contribution in [3.05, 3.63) is 52.8 Å². The van der Waals surface area contributed by atoms with Gasteiger partial charge in [-0.1, -0.05) is 23.7 Å². The summed E-state index contributed by atoms with van der Waals surface area (Å²) in [7, 11) is 0. The van der Waals surface area contributed by atoms with Gasteiger partial charge in [0.1, 0.15) is 0 Å². The summed E-state index contributed by atoms with van der Waals surface area (Å²) < 4.78 is 0. The van der Waals surface area contributed by atoms with Crippen LogP contribution in [-0.2, 0) is 0 Å². The maximum absolute atomic E-state index is 5.87. The highest BCUT2D eigenvalue weighted by atomic mass is 35.5. The van der Waals surface area contributed by atoms with Crippen molar-refractivity contribution < 1.29 is 0 Å². The van der Waals surface area contributed by atoms with Crippen LogP contribution in [0.4, 0.5) is 0 Å². The average molecular weight is 250 g/mol. The van der Waals surface area contributed by atoms with Crippen molar-refractivity contribution >= 4 is 11.6 Å². The molecule has 90 valence electrons. The zero-order valence-corrected chi connectivity index (χ0v) is 10.7. The summed E-state index contributed by atoms with van der Waals surface area (Å²) in [5, 5.41) is 11.2. The van der Waals surface area contributed by atoms with Gasteiger partial charge in [-0.05, 0) is 37.6 Å². The van der Waals surface area contributed by atoms with E-state index in [1.807, 2.05) is 30.3 Å². The number of hydrogen-bond acceptors (Lipinski definition) is 2. The fraction of sp³-hybridized carbons (Fsp3) is 0.308. The van der Waals surface area contributed by atoms with Crippen molar-refractivity contribution in [3.8, 4) is 0 Å². The summed E-state index contributed by atoms with van der Waals surface area (Å²) in [6.45, 7) is 4.25. The van der Waals surface area contributed by atoms with Gasteiger partial charge in [-0.15, -0.1) is 0 Å². The first-order valence-corrected chi connectivity index (χ1v) is 6.05. The molecule has 3 nitrogen and oxygen atoms in total. The number of hydrogen-bond donors (Lipinski definition) is 2. The minimum absolute atomic E-state index is 0.239. The number of nitrogens with one attached hydrogen (secondary N) is 2. The van der Waals surface area contributed by atoms with Crippen LogP contribution in [0.1, 0.15) is 37.2 Å². The third-order valence-corrected chi connectivity index (χ3v) is 3.11. The first-order chi connectivity index (χ1) is 8.16. The summed E-state index contributed by atoms with van der Waals surface area (Å²) >= 11 is 5.87. The maximum atomic E-state index is 5.87. The zero-order valence-electron chi connectivity index (χ0n) is 9.94. The van der Waals surface area contributed by atoms with Crippen LogP contribution in [0.15, 0.2) is 36.5 Å². The van der Waals surface area contributed by atoms with Crippen LogP contribution in [0.3, 0.4) is 0 Å². The number of halogens is 1. The van der Waals surface area contributed by atoms with Crippen molar-refractivity contribution in [2.75, 3.05) is 0 Å². The first kappa shape index (κ1) is 12.1. The van der Waals surface area contributed by atoms with Gasteiger partial charge in [-0.2, -0.15) is 5.10 Å². The monoisotopic (exact) mass is 249 g/mol. The van der Waals surface area contributed by atoms with E-state index < -0.39 is 0 Å². The molecule has 2 rings (SSSR count). The molecular formula is C13H16ClN3. The van der Waals surface area contributed by atoms with Gasteiger partial charge in [-0.25, -0.2) is 0 Å². The van der Waals surface area contributed by atoms with Crippen LogP contribution in [0.2, 0.25) is 5.02 Å². The Hall–Kier alpha value is -1.32. The van der Waals surface area contributed by atoms with Crippen LogP contribution >= 0.6 is 11.6 Å². The standard InChI is InChI=1S/C13H16ClN3/c1-9(11-3-5-12(14)6-4-11)16-10(2)13-7-8-15-17-13/h3-10,16H,1-2H3,(H,15,17)/t9-,10?/m1/s1. The van der Waals surface area contributed by atoms with Crippen LogP contribution in [0.25, 0.3) is 0 Å². The Morgan fingerprint density at radius 3 is 2.41 bits per heavy atom. The van der Waals surface area contributed by atoms with E-state index in [4.69, 9.17) is 11.6 Å². The molecule has 0 radical (unpaired) electrons. The highest BCUT2D eigenvalue weighted by Crippen LogP contribution is 2.19. The Morgan fingerprint density at radius 1 is 1.12 bits per heavy atom. The Labute approximate surface area is 106 Å². The third kappa shape index (κ3) is 3.08. The van der Waals surface area contributed by atoms with Crippen molar-refractivity contribution in [2.45, 2.75) is 25.9 Å². The lowest BCUT2D eigenvalue weighted by molar-refractivity contribution is 0.486. The van der Waals surface area contributed by atoms with E-state index in [1.165, 1.54) is 5.56 Å². The van der Waals surface area contributed by atoms with E-state index >= 15 is 0 Å². The number of nitrogens with zero attached hydrogens (tertiary/aromatic N) is 1. The Bertz CT molecular complexity index is 450. The SMILES string of the molecule is CC(N[C@H](C)c1ccc(Cl)cc1)c1ccn[nH]1. The van der Waals surface area contributed by atoms with Gasteiger partial charge in [0.05, 0.1) is 5.69 Å². The second kappa shape index (κ2) is 5.34. The number of H-pyrrole nitrogens is 1. The summed E-state index contributed by atoms with van der Waals surface area (Å²) in [4.78, 5) is 0. The molecule has 0 saturated carbocycles. The highest BCUT2D eigenvalue weighted by molar-refractivity contribution is 6.30. The lowest BCUT2D eigenvalue weighted by atomic mass is 10.1. The van der Waals surface area contributed by atoms with Crippen molar-refractivity contribution in [3.63, 3.8) is 0 Å². The Morgan fingerprint density at radius 2 is 1.82 bits per heavy atom. The fourth-order valence-corrected chi connectivity index (χ4v) is 1.95. The molecule has 1 unspecified atom stereocenters. The molecule has 1 heterocycles. The Kier molecular flexibility index (Phi) is 3.82. The predicted octanol–water partition coefficient (Wildman–Crippen LogP) is 3.47. The molecule has 0 amide bonds. The van der Waals surface area contributed by atoms with E-state index in [1.54, 1.807) is 6.20 Å². The van der Waals surface area contributed by atoms with Crippen molar-refractivity contribution in [2.24, 2.45) is 0 Å². The predicted molar refractivity (Wildman–Crippen MR) is 70.0 cm³/mol. The molecule has 4 heteroatoms. The molecule has 0 fully saturated rings. The van der Waals surface area contributed by atoms with Crippen molar-refractivity contribution in [1.82, 2.24) is 15.5 Å². The molecular weight excluding hydrogens is 234 g/mol. The van der Waals surface area contributed by atoms with E-state index in [0.29, 0.717) is 0 Å². The zero-order chi connectivity index (χ0) is 12.3. The van der Waals surface area contributed by atoms with Gasteiger partial charge in [-0.3, -0.25) is 5.10 Å². The molecule has 0 aliphatic rings. The van der Waals surface area contributed by atoms with E-state index in [0.717, 1.165) is 10.7 Å². The largest absolute Gasteiger partial charge is 0.302 e. The van der Waals surface area contributed by atoms with Gasteiger partial charge >= 0.3 is 0 Å². The minimum Gasteiger partial charge on any atom is -0.302 e. The summed E-state index contributed by atoms with van der Waals surface area (Å²) in [5.74, 6) is 0. The van der Waals surface area contributed by atoms with E-state index in [-0.39, 0.29) is 12.1 Å². The summed E-state index contributed by atoms with van der Waals surface area (Å²) in [6, 6.07) is 10.4. The molecule has 2 N–H and O–H groups in total. The second-order valence-corrected chi connectivity index (χ2v) is 4.61. The minimum atomic E-state index is 0.239. The molecule has 17 heavy (non-hydrogen) atoms. The number of benzene rings is 1. The number of aromatic amines is 1. The number of rotatable bonds is 4. The van der Waals surface area contributed by atoms with Crippen molar-refractivity contribution in [1.29, 1.82) is 0 Å². The number of aromatic nitrogens is 2. The fourth-order valence-electron chi connectivity index (χ4n) is 1.82. The smallest absolute Gasteiger partial charge is 0.0518 e. The molecule has 0 bridgehead atoms. The molecule has 0 aliphatic heterocycles. The van der Waals surface area contributed by atoms with Gasteiger partial charge in [0, 0.05) is 23.3 Å². The summed E-state index contributed by atoms with van der Waals surface area (Å²) in [6.07, 6.45) is 1.76. The van der Waals surface area contributed by atoms with Crippen LogP contribution in [0, 0.1) is 0 Å². The van der Waals surface area contributed by atoms with Gasteiger partial charge < -0.3 is 5.32 Å². The Balaban J connectivity index is 2.01. The molecule has 1 aromatic carbocycles. The lowest BCUT2D eigenvalue weighted by Crippen LogP contribution is -2.22. The average Bonchev–Trinajstić information content (AvgIpc) is 2.83.